The average molecular weight is 351 g/mol. The molecule has 0 radical (unpaired) electrons. The van der Waals surface area contributed by atoms with E-state index in [0.29, 0.717) is 16.8 Å². The zero-order valence-corrected chi connectivity index (χ0v) is 15.0. The molecule has 2 aliphatic rings. The number of anilines is 2. The highest BCUT2D eigenvalue weighted by atomic mass is 32.2. The van der Waals surface area contributed by atoms with Gasteiger partial charge in [0.25, 0.3) is 0 Å². The van der Waals surface area contributed by atoms with Gasteiger partial charge in [-0.3, -0.25) is 4.72 Å². The van der Waals surface area contributed by atoms with Crippen LogP contribution in [0.1, 0.15) is 44.6 Å². The number of hydrogen-bond acceptors (Lipinski definition) is 3. The van der Waals surface area contributed by atoms with Crippen molar-refractivity contribution in [2.24, 2.45) is 5.41 Å². The van der Waals surface area contributed by atoms with Crippen molar-refractivity contribution in [2.75, 3.05) is 15.8 Å². The maximum absolute atomic E-state index is 12.1. The Hall–Kier alpha value is -1.76. The Balaban J connectivity index is 1.53. The van der Waals surface area contributed by atoms with Gasteiger partial charge in [-0.05, 0) is 68.7 Å². The van der Waals surface area contributed by atoms with Crippen LogP contribution in [-0.2, 0) is 10.0 Å². The molecule has 2 aliphatic carbocycles. The first-order chi connectivity index (χ1) is 11.3. The van der Waals surface area contributed by atoms with Gasteiger partial charge in [-0.1, -0.05) is 6.42 Å². The smallest absolute Gasteiger partial charge is 0.319 e. The average Bonchev–Trinajstić information content (AvgIpc) is 2.43. The molecule has 3 rings (SSSR count). The normalized spacial score (nSPS) is 19.2. The van der Waals surface area contributed by atoms with Crippen LogP contribution >= 0.6 is 0 Å². The second kappa shape index (κ2) is 6.27. The van der Waals surface area contributed by atoms with E-state index >= 15 is 0 Å². The van der Waals surface area contributed by atoms with Crippen LogP contribution < -0.4 is 15.4 Å². The Morgan fingerprint density at radius 2 is 2.00 bits per heavy atom. The lowest BCUT2D eigenvalue weighted by Crippen LogP contribution is -2.54. The largest absolute Gasteiger partial charge is 0.335 e. The van der Waals surface area contributed by atoms with Crippen molar-refractivity contribution in [3.8, 4) is 0 Å². The summed E-state index contributed by atoms with van der Waals surface area (Å²) in [7, 11) is -3.30. The third kappa shape index (κ3) is 3.66. The number of aryl methyl sites for hydroxylation is 1. The van der Waals surface area contributed by atoms with E-state index in [1.54, 1.807) is 25.1 Å². The molecule has 0 aliphatic heterocycles. The van der Waals surface area contributed by atoms with E-state index in [1.165, 1.54) is 19.3 Å². The van der Waals surface area contributed by atoms with Crippen molar-refractivity contribution >= 4 is 27.4 Å². The summed E-state index contributed by atoms with van der Waals surface area (Å²) >= 11 is 0. The molecule has 24 heavy (non-hydrogen) atoms. The molecule has 132 valence electrons. The minimum Gasteiger partial charge on any atom is -0.335 e. The number of urea groups is 1. The number of rotatable bonds is 5. The summed E-state index contributed by atoms with van der Waals surface area (Å²) < 4.78 is 25.8. The van der Waals surface area contributed by atoms with Gasteiger partial charge < -0.3 is 10.6 Å². The van der Waals surface area contributed by atoms with Crippen molar-refractivity contribution in [1.29, 1.82) is 0 Å². The molecule has 2 saturated carbocycles. The summed E-state index contributed by atoms with van der Waals surface area (Å²) in [4.78, 5) is 12.1. The number of carbonyl (C=O) groups is 1. The molecular formula is C17H25N3O3S. The van der Waals surface area contributed by atoms with E-state index in [-0.39, 0.29) is 17.8 Å². The third-order valence-electron chi connectivity index (χ3n) is 5.24. The fourth-order valence-corrected chi connectivity index (χ4v) is 4.33. The molecule has 2 fully saturated rings. The number of carbonyl (C=O) groups excluding carboxylic acids is 1. The topological polar surface area (TPSA) is 87.3 Å². The number of nitrogens with one attached hydrogen (secondary N) is 3. The Labute approximate surface area is 143 Å². The summed E-state index contributed by atoms with van der Waals surface area (Å²) in [5.74, 6) is 0.0255. The zero-order chi connectivity index (χ0) is 17.4. The van der Waals surface area contributed by atoms with Gasteiger partial charge in [0.1, 0.15) is 0 Å². The van der Waals surface area contributed by atoms with E-state index in [4.69, 9.17) is 0 Å². The molecule has 7 heteroatoms. The molecule has 0 saturated heterocycles. The van der Waals surface area contributed by atoms with Gasteiger partial charge in [-0.15, -0.1) is 0 Å². The van der Waals surface area contributed by atoms with Gasteiger partial charge >= 0.3 is 6.03 Å². The highest BCUT2D eigenvalue weighted by molar-refractivity contribution is 7.92. The number of sulfonamides is 1. The second-order valence-corrected chi connectivity index (χ2v) is 9.10. The molecule has 3 N–H and O–H groups in total. The van der Waals surface area contributed by atoms with E-state index in [0.717, 1.165) is 18.4 Å². The summed E-state index contributed by atoms with van der Waals surface area (Å²) in [5, 5.41) is 5.83. The van der Waals surface area contributed by atoms with E-state index in [2.05, 4.69) is 15.4 Å². The maximum atomic E-state index is 12.1. The van der Waals surface area contributed by atoms with Gasteiger partial charge in [0.2, 0.25) is 10.0 Å². The predicted molar refractivity (Wildman–Crippen MR) is 95.7 cm³/mol. The lowest BCUT2D eigenvalue weighted by atomic mass is 9.54. The van der Waals surface area contributed by atoms with Crippen LogP contribution in [-0.4, -0.2) is 26.2 Å². The quantitative estimate of drug-likeness (QED) is 0.761. The molecule has 2 amide bonds. The SMILES string of the molecule is CCS(=O)(=O)Nc1ccc(NC(=O)NC2CC3(CCC3)C2)cc1C. The molecule has 0 unspecified atom stereocenters. The molecule has 0 atom stereocenters. The predicted octanol–water partition coefficient (Wildman–Crippen LogP) is 3.21. The highest BCUT2D eigenvalue weighted by Gasteiger charge is 2.48. The Bertz CT molecular complexity index is 733. The van der Waals surface area contributed by atoms with E-state index in [9.17, 15) is 13.2 Å². The molecule has 0 aromatic heterocycles. The molecule has 1 aromatic carbocycles. The first-order valence-electron chi connectivity index (χ1n) is 8.49. The Morgan fingerprint density at radius 3 is 2.54 bits per heavy atom. The van der Waals surface area contributed by atoms with Crippen molar-refractivity contribution in [3.05, 3.63) is 23.8 Å². The fraction of sp³-hybridized carbons (Fsp3) is 0.588. The molecule has 6 nitrogen and oxygen atoms in total. The van der Waals surface area contributed by atoms with Crippen molar-refractivity contribution < 1.29 is 13.2 Å². The summed E-state index contributed by atoms with van der Waals surface area (Å²) in [6.45, 7) is 3.40. The van der Waals surface area contributed by atoms with Gasteiger partial charge in [0.15, 0.2) is 0 Å². The molecule has 0 bridgehead atoms. The van der Waals surface area contributed by atoms with Crippen LogP contribution in [0, 0.1) is 12.3 Å². The molecule has 1 spiro atoms. The van der Waals surface area contributed by atoms with Crippen molar-refractivity contribution in [2.45, 2.75) is 52.0 Å². The Morgan fingerprint density at radius 1 is 1.29 bits per heavy atom. The minimum atomic E-state index is -3.30. The first-order valence-corrected chi connectivity index (χ1v) is 10.1. The van der Waals surface area contributed by atoms with E-state index < -0.39 is 10.0 Å². The standard InChI is InChI=1S/C17H25N3O3S/c1-3-24(22,23)20-15-6-5-13(9-12(15)2)18-16(21)19-14-10-17(11-14)7-4-8-17/h5-6,9,14,20H,3-4,7-8,10-11H2,1-2H3,(H2,18,19,21). The van der Waals surface area contributed by atoms with E-state index in [1.807, 2.05) is 6.92 Å². The minimum absolute atomic E-state index is 0.0255. The molecule has 1 aromatic rings. The lowest BCUT2D eigenvalue weighted by molar-refractivity contribution is 0.00286. The lowest BCUT2D eigenvalue weighted by Gasteiger charge is -2.54. The van der Waals surface area contributed by atoms with Crippen LogP contribution in [0.5, 0.6) is 0 Å². The monoisotopic (exact) mass is 351 g/mol. The summed E-state index contributed by atoms with van der Waals surface area (Å²) in [6, 6.07) is 5.22. The van der Waals surface area contributed by atoms with Crippen molar-refractivity contribution in [3.63, 3.8) is 0 Å². The summed E-state index contributed by atoms with van der Waals surface area (Å²) in [5.41, 5.74) is 2.49. The van der Waals surface area contributed by atoms with Crippen LogP contribution in [0.2, 0.25) is 0 Å². The number of hydrogen-bond donors (Lipinski definition) is 3. The Kier molecular flexibility index (Phi) is 4.46. The maximum Gasteiger partial charge on any atom is 0.319 e. The molecule has 0 heterocycles. The number of amides is 2. The number of benzene rings is 1. The zero-order valence-electron chi connectivity index (χ0n) is 14.2. The van der Waals surface area contributed by atoms with Gasteiger partial charge in [0, 0.05) is 11.7 Å². The van der Waals surface area contributed by atoms with Crippen LogP contribution in [0.3, 0.4) is 0 Å². The third-order valence-corrected chi connectivity index (χ3v) is 6.53. The van der Waals surface area contributed by atoms with Crippen LogP contribution in [0.15, 0.2) is 18.2 Å². The van der Waals surface area contributed by atoms with Crippen LogP contribution in [0.4, 0.5) is 16.2 Å². The second-order valence-electron chi connectivity index (χ2n) is 7.09. The van der Waals surface area contributed by atoms with Gasteiger partial charge in [-0.25, -0.2) is 13.2 Å². The van der Waals surface area contributed by atoms with Crippen molar-refractivity contribution in [1.82, 2.24) is 5.32 Å². The first kappa shape index (κ1) is 17.1. The fourth-order valence-electron chi connectivity index (χ4n) is 3.62. The van der Waals surface area contributed by atoms with Gasteiger partial charge in [-0.2, -0.15) is 0 Å². The van der Waals surface area contributed by atoms with Gasteiger partial charge in [0.05, 0.1) is 11.4 Å². The summed E-state index contributed by atoms with van der Waals surface area (Å²) in [6.07, 6.45) is 6.13. The molecular weight excluding hydrogens is 326 g/mol. The van der Waals surface area contributed by atoms with Crippen LogP contribution in [0.25, 0.3) is 0 Å². The highest BCUT2D eigenvalue weighted by Crippen LogP contribution is 2.55.